The highest BCUT2D eigenvalue weighted by Gasteiger charge is 2.31. The standard InChI is InChI=1S/C25H34N2O3/c1-30-22-7-8-24-23(16-22)20(9-12-26-24)4-2-3-19-11-14-27(13-10-18-5-6-18)17-21(19)15-25(28)29/h7-9,12,16,18-19,21H,2-6,10-11,13-15,17H2,1H3,(H,28,29)/t19-,21+/m1/s1. The van der Waals surface area contributed by atoms with Crippen molar-refractivity contribution in [2.45, 2.75) is 51.4 Å². The molecule has 30 heavy (non-hydrogen) atoms. The molecule has 2 atom stereocenters. The van der Waals surface area contributed by atoms with E-state index in [1.54, 1.807) is 7.11 Å². The van der Waals surface area contributed by atoms with Crippen LogP contribution in [0, 0.1) is 17.8 Å². The summed E-state index contributed by atoms with van der Waals surface area (Å²) in [6.45, 7) is 3.24. The molecule has 1 aromatic heterocycles. The van der Waals surface area contributed by atoms with E-state index in [0.29, 0.717) is 12.3 Å². The predicted octanol–water partition coefficient (Wildman–Crippen LogP) is 4.78. The number of nitrogens with zero attached hydrogens (tertiary/aromatic N) is 2. The molecule has 0 radical (unpaired) electrons. The number of likely N-dealkylation sites (tertiary alicyclic amines) is 1. The van der Waals surface area contributed by atoms with E-state index < -0.39 is 5.97 Å². The number of hydrogen-bond acceptors (Lipinski definition) is 4. The second-order valence-corrected chi connectivity index (χ2v) is 9.18. The summed E-state index contributed by atoms with van der Waals surface area (Å²) < 4.78 is 5.39. The molecule has 4 rings (SSSR count). The van der Waals surface area contributed by atoms with Crippen molar-refractivity contribution in [3.05, 3.63) is 36.0 Å². The van der Waals surface area contributed by atoms with Crippen molar-refractivity contribution in [1.82, 2.24) is 9.88 Å². The number of methoxy groups -OCH3 is 1. The molecule has 1 saturated carbocycles. The molecule has 2 fully saturated rings. The van der Waals surface area contributed by atoms with Gasteiger partial charge in [-0.15, -0.1) is 0 Å². The number of pyridine rings is 1. The minimum Gasteiger partial charge on any atom is -0.497 e. The molecule has 0 amide bonds. The number of hydrogen-bond donors (Lipinski definition) is 1. The smallest absolute Gasteiger partial charge is 0.303 e. The molecule has 0 unspecified atom stereocenters. The Hall–Kier alpha value is -2.14. The highest BCUT2D eigenvalue weighted by atomic mass is 16.5. The largest absolute Gasteiger partial charge is 0.497 e. The van der Waals surface area contributed by atoms with Gasteiger partial charge >= 0.3 is 5.97 Å². The topological polar surface area (TPSA) is 62.7 Å². The minimum atomic E-state index is -0.652. The maximum Gasteiger partial charge on any atom is 0.303 e. The van der Waals surface area contributed by atoms with Gasteiger partial charge in [0.2, 0.25) is 0 Å². The van der Waals surface area contributed by atoms with E-state index in [9.17, 15) is 9.90 Å². The molecule has 1 N–H and O–H groups in total. The molecule has 1 aliphatic heterocycles. The van der Waals surface area contributed by atoms with Gasteiger partial charge in [0.05, 0.1) is 12.6 Å². The van der Waals surface area contributed by atoms with Gasteiger partial charge < -0.3 is 14.7 Å². The first kappa shape index (κ1) is 21.1. The van der Waals surface area contributed by atoms with E-state index in [4.69, 9.17) is 4.74 Å². The van der Waals surface area contributed by atoms with Crippen LogP contribution in [-0.2, 0) is 11.2 Å². The van der Waals surface area contributed by atoms with E-state index in [0.717, 1.165) is 67.9 Å². The summed E-state index contributed by atoms with van der Waals surface area (Å²) in [6, 6.07) is 8.14. The van der Waals surface area contributed by atoms with Gasteiger partial charge in [-0.2, -0.15) is 0 Å². The highest BCUT2D eigenvalue weighted by molar-refractivity contribution is 5.83. The second-order valence-electron chi connectivity index (χ2n) is 9.18. The number of fused-ring (bicyclic) bond motifs is 1. The Morgan fingerprint density at radius 2 is 2.07 bits per heavy atom. The first-order valence-corrected chi connectivity index (χ1v) is 11.5. The van der Waals surface area contributed by atoms with Gasteiger partial charge in [-0.1, -0.05) is 12.8 Å². The third-order valence-corrected chi connectivity index (χ3v) is 7.02. The summed E-state index contributed by atoms with van der Waals surface area (Å²) in [5.74, 6) is 1.94. The van der Waals surface area contributed by atoms with Crippen LogP contribution in [0.15, 0.2) is 30.5 Å². The van der Waals surface area contributed by atoms with Crippen molar-refractivity contribution < 1.29 is 14.6 Å². The third kappa shape index (κ3) is 5.51. The summed E-state index contributed by atoms with van der Waals surface area (Å²) in [7, 11) is 1.69. The number of benzene rings is 1. The van der Waals surface area contributed by atoms with Crippen LogP contribution in [0.1, 0.15) is 50.5 Å². The summed E-state index contributed by atoms with van der Waals surface area (Å²) >= 11 is 0. The summed E-state index contributed by atoms with van der Waals surface area (Å²) in [5.41, 5.74) is 2.30. The van der Waals surface area contributed by atoms with Gasteiger partial charge in [-0.3, -0.25) is 9.78 Å². The maximum absolute atomic E-state index is 11.5. The Bertz CT molecular complexity index is 865. The summed E-state index contributed by atoms with van der Waals surface area (Å²) in [5, 5.41) is 10.6. The monoisotopic (exact) mass is 410 g/mol. The number of carboxylic acid groups (broad SMARTS) is 1. The lowest BCUT2D eigenvalue weighted by molar-refractivity contribution is -0.139. The summed E-state index contributed by atoms with van der Waals surface area (Å²) in [4.78, 5) is 18.5. The Kier molecular flexibility index (Phi) is 6.88. The molecule has 1 saturated heterocycles. The van der Waals surface area contributed by atoms with Crippen LogP contribution in [0.4, 0.5) is 0 Å². The third-order valence-electron chi connectivity index (χ3n) is 7.02. The van der Waals surface area contributed by atoms with Crippen LogP contribution in [0.5, 0.6) is 5.75 Å². The molecule has 2 aliphatic rings. The van der Waals surface area contributed by atoms with Crippen molar-refractivity contribution >= 4 is 16.9 Å². The van der Waals surface area contributed by atoms with Crippen molar-refractivity contribution in [2.24, 2.45) is 17.8 Å². The summed E-state index contributed by atoms with van der Waals surface area (Å²) in [6.07, 6.45) is 10.6. The fraction of sp³-hybridized carbons (Fsp3) is 0.600. The second kappa shape index (κ2) is 9.78. The number of aromatic nitrogens is 1. The maximum atomic E-state index is 11.5. The van der Waals surface area contributed by atoms with E-state index in [2.05, 4.69) is 22.0 Å². The zero-order valence-corrected chi connectivity index (χ0v) is 18.1. The van der Waals surface area contributed by atoms with Gasteiger partial charge in [0.1, 0.15) is 5.75 Å². The molecule has 2 heterocycles. The number of rotatable bonds is 10. The average Bonchev–Trinajstić information content (AvgIpc) is 3.57. The molecule has 0 bridgehead atoms. The fourth-order valence-electron chi connectivity index (χ4n) is 5.05. The minimum absolute atomic E-state index is 0.282. The van der Waals surface area contributed by atoms with Crippen molar-refractivity contribution in [1.29, 1.82) is 0 Å². The molecule has 2 aromatic rings. The SMILES string of the molecule is COc1ccc2nccc(CCC[C@@H]3CCN(CCC4CC4)C[C@@H]3CC(=O)O)c2c1. The van der Waals surface area contributed by atoms with Gasteiger partial charge in [-0.05, 0) is 92.8 Å². The normalized spacial score (nSPS) is 22.3. The first-order valence-electron chi connectivity index (χ1n) is 11.5. The Morgan fingerprint density at radius 3 is 2.83 bits per heavy atom. The van der Waals surface area contributed by atoms with Crippen molar-refractivity contribution in [3.63, 3.8) is 0 Å². The van der Waals surface area contributed by atoms with Crippen LogP contribution in [0.3, 0.4) is 0 Å². The number of carbonyl (C=O) groups is 1. The lowest BCUT2D eigenvalue weighted by Crippen LogP contribution is -2.41. The van der Waals surface area contributed by atoms with Crippen molar-refractivity contribution in [3.8, 4) is 5.75 Å². The predicted molar refractivity (Wildman–Crippen MR) is 119 cm³/mol. The first-order chi connectivity index (χ1) is 14.6. The van der Waals surface area contributed by atoms with Gasteiger partial charge in [0, 0.05) is 24.5 Å². The van der Waals surface area contributed by atoms with Crippen LogP contribution >= 0.6 is 0 Å². The van der Waals surface area contributed by atoms with Crippen LogP contribution in [-0.4, -0.2) is 47.7 Å². The number of aliphatic carboxylic acids is 1. The fourth-order valence-corrected chi connectivity index (χ4v) is 5.05. The van der Waals surface area contributed by atoms with Crippen molar-refractivity contribution in [2.75, 3.05) is 26.7 Å². The van der Waals surface area contributed by atoms with Crippen LogP contribution in [0.25, 0.3) is 10.9 Å². The lowest BCUT2D eigenvalue weighted by Gasteiger charge is -2.38. The molecule has 1 aromatic carbocycles. The molecule has 5 nitrogen and oxygen atoms in total. The Morgan fingerprint density at radius 1 is 1.20 bits per heavy atom. The lowest BCUT2D eigenvalue weighted by atomic mass is 9.79. The van der Waals surface area contributed by atoms with E-state index >= 15 is 0 Å². The van der Waals surface area contributed by atoms with Gasteiger partial charge in [0.25, 0.3) is 0 Å². The molecule has 1 aliphatic carbocycles. The number of ether oxygens (including phenoxy) is 1. The molecule has 162 valence electrons. The van der Waals surface area contributed by atoms with E-state index in [1.165, 1.54) is 24.8 Å². The van der Waals surface area contributed by atoms with Crippen LogP contribution < -0.4 is 4.74 Å². The van der Waals surface area contributed by atoms with Gasteiger partial charge in [-0.25, -0.2) is 0 Å². The Balaban J connectivity index is 1.35. The zero-order valence-electron chi connectivity index (χ0n) is 18.1. The Labute approximate surface area is 179 Å². The number of piperidine rings is 1. The average molecular weight is 411 g/mol. The number of aryl methyl sites for hydroxylation is 1. The molecular formula is C25H34N2O3. The molecule has 5 heteroatoms. The van der Waals surface area contributed by atoms with Crippen LogP contribution in [0.2, 0.25) is 0 Å². The molecular weight excluding hydrogens is 376 g/mol. The quantitative estimate of drug-likeness (QED) is 0.611. The van der Waals surface area contributed by atoms with E-state index in [-0.39, 0.29) is 5.92 Å². The zero-order chi connectivity index (χ0) is 20.9. The van der Waals surface area contributed by atoms with Gasteiger partial charge in [0.15, 0.2) is 0 Å². The molecule has 0 spiro atoms. The number of carboxylic acids is 1. The van der Waals surface area contributed by atoms with E-state index in [1.807, 2.05) is 18.3 Å². The highest BCUT2D eigenvalue weighted by Crippen LogP contribution is 2.35.